The zero-order valence-electron chi connectivity index (χ0n) is 22.3. The van der Waals surface area contributed by atoms with E-state index in [-0.39, 0.29) is 17.7 Å². The first kappa shape index (κ1) is 28.2. The molecule has 0 unspecified atom stereocenters. The van der Waals surface area contributed by atoms with Crippen LogP contribution in [-0.2, 0) is 20.9 Å². The first-order valence-corrected chi connectivity index (χ1v) is 13.5. The average molecular weight is 508 g/mol. The fourth-order valence-electron chi connectivity index (χ4n) is 5.04. The van der Waals surface area contributed by atoms with E-state index in [0.717, 1.165) is 30.6 Å². The molecule has 3 amide bonds. The maximum atomic E-state index is 13.5. The minimum atomic E-state index is -0.608. The van der Waals surface area contributed by atoms with E-state index < -0.39 is 23.8 Å². The number of benzene rings is 2. The summed E-state index contributed by atoms with van der Waals surface area (Å²) in [5.74, 6) is -0.165. The standard InChI is InChI=1S/C30H41N3O4/c1-4-11-25(28(31)34)26(18-21(2)3)29(35)32-27-16-8-9-17-33(30(27)36)20-22-12-10-15-24(19-22)37-23-13-6-5-7-14-23/h5-7,10,12-15,19,21,25-27H,4,8-9,11,16-18,20H2,1-3H3,(H2,31,34)(H,32,35)/t25-,26+,27+/m1/s1. The van der Waals surface area contributed by atoms with Gasteiger partial charge in [0.2, 0.25) is 17.7 Å². The lowest BCUT2D eigenvalue weighted by atomic mass is 9.81. The van der Waals surface area contributed by atoms with E-state index in [9.17, 15) is 14.4 Å². The lowest BCUT2D eigenvalue weighted by molar-refractivity contribution is -0.139. The molecular weight excluding hydrogens is 466 g/mol. The summed E-state index contributed by atoms with van der Waals surface area (Å²) in [5, 5.41) is 3.01. The Labute approximate surface area is 220 Å². The van der Waals surface area contributed by atoms with Gasteiger partial charge in [-0.3, -0.25) is 14.4 Å². The van der Waals surface area contributed by atoms with E-state index in [1.165, 1.54) is 0 Å². The van der Waals surface area contributed by atoms with Crippen molar-refractivity contribution in [3.05, 3.63) is 60.2 Å². The van der Waals surface area contributed by atoms with E-state index in [4.69, 9.17) is 10.5 Å². The average Bonchev–Trinajstić information content (AvgIpc) is 3.03. The van der Waals surface area contributed by atoms with E-state index in [0.29, 0.717) is 38.1 Å². The number of carbonyl (C=O) groups is 3. The quantitative estimate of drug-likeness (QED) is 0.420. The number of nitrogens with one attached hydrogen (secondary N) is 1. The summed E-state index contributed by atoms with van der Waals surface area (Å²) in [7, 11) is 0. The van der Waals surface area contributed by atoms with Crippen molar-refractivity contribution in [3.8, 4) is 11.5 Å². The van der Waals surface area contributed by atoms with Gasteiger partial charge in [0.25, 0.3) is 0 Å². The molecule has 200 valence electrons. The Hall–Kier alpha value is -3.35. The highest BCUT2D eigenvalue weighted by Gasteiger charge is 2.35. The van der Waals surface area contributed by atoms with E-state index in [1.807, 2.05) is 80.3 Å². The van der Waals surface area contributed by atoms with E-state index in [2.05, 4.69) is 5.32 Å². The molecule has 2 aromatic rings. The second kappa shape index (κ2) is 13.8. The van der Waals surface area contributed by atoms with E-state index in [1.54, 1.807) is 0 Å². The van der Waals surface area contributed by atoms with Gasteiger partial charge in [0.05, 0.1) is 0 Å². The summed E-state index contributed by atoms with van der Waals surface area (Å²) in [6, 6.07) is 16.7. The molecule has 3 atom stereocenters. The van der Waals surface area contributed by atoms with Crippen molar-refractivity contribution in [2.24, 2.45) is 23.5 Å². The summed E-state index contributed by atoms with van der Waals surface area (Å²) in [6.07, 6.45) is 4.17. The minimum absolute atomic E-state index is 0.0883. The van der Waals surface area contributed by atoms with Crippen molar-refractivity contribution in [1.82, 2.24) is 10.2 Å². The zero-order chi connectivity index (χ0) is 26.8. The van der Waals surface area contributed by atoms with E-state index >= 15 is 0 Å². The molecule has 0 aromatic heterocycles. The molecule has 7 heteroatoms. The minimum Gasteiger partial charge on any atom is -0.457 e. The number of ether oxygens (including phenoxy) is 1. The molecule has 7 nitrogen and oxygen atoms in total. The Morgan fingerprint density at radius 3 is 2.46 bits per heavy atom. The smallest absolute Gasteiger partial charge is 0.245 e. The van der Waals surface area contributed by atoms with Crippen molar-refractivity contribution in [3.63, 3.8) is 0 Å². The molecule has 0 spiro atoms. The Morgan fingerprint density at radius 2 is 1.78 bits per heavy atom. The number of nitrogens with two attached hydrogens (primary N) is 1. The third-order valence-electron chi connectivity index (χ3n) is 6.86. The van der Waals surface area contributed by atoms with Crippen LogP contribution in [0.5, 0.6) is 11.5 Å². The Morgan fingerprint density at radius 1 is 1.05 bits per heavy atom. The number of amides is 3. The number of rotatable bonds is 12. The van der Waals surface area contributed by atoms with Crippen LogP contribution in [-0.4, -0.2) is 35.2 Å². The molecule has 2 aromatic carbocycles. The van der Waals surface area contributed by atoms with Crippen molar-refractivity contribution in [2.75, 3.05) is 6.54 Å². The molecule has 3 N–H and O–H groups in total. The van der Waals surface area contributed by atoms with Gasteiger partial charge in [-0.15, -0.1) is 0 Å². The van der Waals surface area contributed by atoms with Crippen LogP contribution in [0, 0.1) is 17.8 Å². The number of likely N-dealkylation sites (tertiary alicyclic amines) is 1. The van der Waals surface area contributed by atoms with Gasteiger partial charge in [-0.05, 0) is 67.9 Å². The number of hydrogen-bond donors (Lipinski definition) is 2. The van der Waals surface area contributed by atoms with Gasteiger partial charge in [-0.25, -0.2) is 0 Å². The first-order chi connectivity index (χ1) is 17.8. The number of para-hydroxylation sites is 1. The maximum Gasteiger partial charge on any atom is 0.245 e. The Bertz CT molecular complexity index is 1040. The van der Waals surface area contributed by atoms with Gasteiger partial charge < -0.3 is 20.7 Å². The summed E-state index contributed by atoms with van der Waals surface area (Å²) in [5.41, 5.74) is 6.65. The van der Waals surface area contributed by atoms with Gasteiger partial charge in [0.15, 0.2) is 0 Å². The van der Waals surface area contributed by atoms with Crippen LogP contribution < -0.4 is 15.8 Å². The third-order valence-corrected chi connectivity index (χ3v) is 6.86. The summed E-state index contributed by atoms with van der Waals surface area (Å²) in [6.45, 7) is 7.10. The topological polar surface area (TPSA) is 102 Å². The Kier molecular flexibility index (Phi) is 10.5. The molecule has 1 fully saturated rings. The molecule has 0 saturated carbocycles. The molecule has 0 aliphatic carbocycles. The molecule has 1 saturated heterocycles. The van der Waals surface area contributed by atoms with Gasteiger partial charge in [0.1, 0.15) is 17.5 Å². The molecular formula is C30H41N3O4. The second-order valence-corrected chi connectivity index (χ2v) is 10.4. The molecule has 0 radical (unpaired) electrons. The lowest BCUT2D eigenvalue weighted by Crippen LogP contribution is -2.50. The van der Waals surface area contributed by atoms with Crippen LogP contribution in [0.15, 0.2) is 54.6 Å². The van der Waals surface area contributed by atoms with Crippen molar-refractivity contribution >= 4 is 17.7 Å². The highest BCUT2D eigenvalue weighted by molar-refractivity contribution is 5.91. The van der Waals surface area contributed by atoms with Gasteiger partial charge in [-0.2, -0.15) is 0 Å². The van der Waals surface area contributed by atoms with Crippen LogP contribution in [0.2, 0.25) is 0 Å². The summed E-state index contributed by atoms with van der Waals surface area (Å²) in [4.78, 5) is 40.9. The summed E-state index contributed by atoms with van der Waals surface area (Å²) >= 11 is 0. The monoisotopic (exact) mass is 507 g/mol. The van der Waals surface area contributed by atoms with Crippen LogP contribution in [0.4, 0.5) is 0 Å². The number of nitrogens with zero attached hydrogens (tertiary/aromatic N) is 1. The maximum absolute atomic E-state index is 13.5. The number of hydrogen-bond acceptors (Lipinski definition) is 4. The molecule has 3 rings (SSSR count). The van der Waals surface area contributed by atoms with Crippen molar-refractivity contribution < 1.29 is 19.1 Å². The van der Waals surface area contributed by atoms with Crippen LogP contribution >= 0.6 is 0 Å². The molecule has 0 bridgehead atoms. The normalized spacial score (nSPS) is 17.7. The predicted molar refractivity (Wildman–Crippen MR) is 145 cm³/mol. The largest absolute Gasteiger partial charge is 0.457 e. The second-order valence-electron chi connectivity index (χ2n) is 10.4. The fourth-order valence-corrected chi connectivity index (χ4v) is 5.04. The van der Waals surface area contributed by atoms with Crippen molar-refractivity contribution in [1.29, 1.82) is 0 Å². The van der Waals surface area contributed by atoms with Gasteiger partial charge in [0, 0.05) is 24.9 Å². The zero-order valence-corrected chi connectivity index (χ0v) is 22.3. The fraction of sp³-hybridized carbons (Fsp3) is 0.500. The third kappa shape index (κ3) is 8.34. The summed E-state index contributed by atoms with van der Waals surface area (Å²) < 4.78 is 5.95. The Balaban J connectivity index is 1.71. The highest BCUT2D eigenvalue weighted by atomic mass is 16.5. The predicted octanol–water partition coefficient (Wildman–Crippen LogP) is 5.04. The van der Waals surface area contributed by atoms with Crippen LogP contribution in [0.1, 0.15) is 64.9 Å². The lowest BCUT2D eigenvalue weighted by Gasteiger charge is -2.29. The highest BCUT2D eigenvalue weighted by Crippen LogP contribution is 2.27. The molecule has 37 heavy (non-hydrogen) atoms. The van der Waals surface area contributed by atoms with Crippen LogP contribution in [0.25, 0.3) is 0 Å². The number of primary amides is 1. The van der Waals surface area contributed by atoms with Crippen molar-refractivity contribution in [2.45, 2.75) is 71.9 Å². The number of carbonyl (C=O) groups excluding carboxylic acids is 3. The van der Waals surface area contributed by atoms with Crippen LogP contribution in [0.3, 0.4) is 0 Å². The SMILES string of the molecule is CCC[C@@H](C(N)=O)[C@H](CC(C)C)C(=O)N[C@H]1CCCCN(Cc2cccc(Oc3ccccc3)c2)C1=O. The molecule has 1 heterocycles. The first-order valence-electron chi connectivity index (χ1n) is 13.5. The van der Waals surface area contributed by atoms with Gasteiger partial charge in [-0.1, -0.05) is 57.5 Å². The molecule has 1 aliphatic heterocycles. The molecule has 1 aliphatic rings. The van der Waals surface area contributed by atoms with Gasteiger partial charge >= 0.3 is 0 Å².